The van der Waals surface area contributed by atoms with E-state index in [1.807, 2.05) is 0 Å². The molecule has 2 aliphatic rings. The summed E-state index contributed by atoms with van der Waals surface area (Å²) in [5, 5.41) is 7.77. The van der Waals surface area contributed by atoms with Gasteiger partial charge in [0, 0.05) is 30.0 Å². The first-order chi connectivity index (χ1) is 12.6. The normalized spacial score (nSPS) is 17.1. The molecular weight excluding hydrogens is 354 g/mol. The number of nitrogens with one attached hydrogen (secondary N) is 1. The van der Waals surface area contributed by atoms with E-state index in [2.05, 4.69) is 15.5 Å². The van der Waals surface area contributed by atoms with Gasteiger partial charge in [0.15, 0.2) is 5.84 Å². The van der Waals surface area contributed by atoms with Gasteiger partial charge in [-0.05, 0) is 35.4 Å². The van der Waals surface area contributed by atoms with E-state index in [1.165, 1.54) is 5.01 Å². The van der Waals surface area contributed by atoms with Crippen molar-refractivity contribution in [3.8, 4) is 0 Å². The van der Waals surface area contributed by atoms with Crippen molar-refractivity contribution >= 4 is 40.4 Å². The fourth-order valence-electron chi connectivity index (χ4n) is 3.02. The zero-order chi connectivity index (χ0) is 18.3. The van der Waals surface area contributed by atoms with Crippen molar-refractivity contribution in [3.05, 3.63) is 64.9 Å². The predicted molar refractivity (Wildman–Crippen MR) is 97.6 cm³/mol. The number of hydrogen-bond acceptors (Lipinski definition) is 5. The SMILES string of the molecule is CN1C(=O)C(c2ccc(Cl)cc2)=C(c2ccncc2)C2=NNC(=O)CN21. The van der Waals surface area contributed by atoms with Gasteiger partial charge in [0.25, 0.3) is 11.8 Å². The zero-order valence-corrected chi connectivity index (χ0v) is 14.6. The zero-order valence-electron chi connectivity index (χ0n) is 13.8. The number of pyridine rings is 1. The highest BCUT2D eigenvalue weighted by Crippen LogP contribution is 2.35. The van der Waals surface area contributed by atoms with E-state index < -0.39 is 0 Å². The molecule has 2 aliphatic heterocycles. The maximum absolute atomic E-state index is 13.1. The van der Waals surface area contributed by atoms with Gasteiger partial charge in [0.2, 0.25) is 0 Å². The first-order valence-corrected chi connectivity index (χ1v) is 8.27. The first kappa shape index (κ1) is 16.3. The molecule has 3 heterocycles. The summed E-state index contributed by atoms with van der Waals surface area (Å²) in [4.78, 5) is 29.0. The molecule has 0 saturated heterocycles. The highest BCUT2D eigenvalue weighted by Gasteiger charge is 2.39. The number of halogens is 1. The first-order valence-electron chi connectivity index (χ1n) is 7.89. The Balaban J connectivity index is 2.01. The second-order valence-corrected chi connectivity index (χ2v) is 6.29. The van der Waals surface area contributed by atoms with Gasteiger partial charge in [-0.1, -0.05) is 23.7 Å². The summed E-state index contributed by atoms with van der Waals surface area (Å²) < 4.78 is 0. The molecule has 1 aromatic heterocycles. The molecule has 0 spiro atoms. The van der Waals surface area contributed by atoms with Gasteiger partial charge in [-0.2, -0.15) is 5.10 Å². The van der Waals surface area contributed by atoms with E-state index in [1.54, 1.807) is 60.8 Å². The van der Waals surface area contributed by atoms with Crippen LogP contribution >= 0.6 is 11.6 Å². The topological polar surface area (TPSA) is 77.9 Å². The number of fused-ring (bicyclic) bond motifs is 1. The summed E-state index contributed by atoms with van der Waals surface area (Å²) in [6.07, 6.45) is 3.30. The largest absolute Gasteiger partial charge is 0.273 e. The second-order valence-electron chi connectivity index (χ2n) is 5.85. The quantitative estimate of drug-likeness (QED) is 0.877. The van der Waals surface area contributed by atoms with E-state index in [0.29, 0.717) is 22.0 Å². The van der Waals surface area contributed by atoms with E-state index in [4.69, 9.17) is 11.6 Å². The minimum Gasteiger partial charge on any atom is -0.271 e. The maximum atomic E-state index is 13.1. The lowest BCUT2D eigenvalue weighted by molar-refractivity contribution is -0.137. The number of carbonyl (C=O) groups excluding carboxylic acids is 2. The Labute approximate surface area is 154 Å². The number of carbonyl (C=O) groups is 2. The fourth-order valence-corrected chi connectivity index (χ4v) is 3.14. The van der Waals surface area contributed by atoms with Gasteiger partial charge in [0.1, 0.15) is 6.54 Å². The van der Waals surface area contributed by atoms with Crippen LogP contribution in [0.2, 0.25) is 5.02 Å². The van der Waals surface area contributed by atoms with E-state index in [9.17, 15) is 9.59 Å². The molecule has 0 unspecified atom stereocenters. The van der Waals surface area contributed by atoms with Crippen LogP contribution in [0, 0.1) is 0 Å². The standard InChI is InChI=1S/C18H14ClN5O2/c1-23-18(26)16(11-2-4-13(19)5-3-11)15(12-6-8-20-9-7-12)17-22-21-14(25)10-24(17)23/h2-9H,10H2,1H3,(H,21,25). The Morgan fingerprint density at radius 2 is 1.65 bits per heavy atom. The van der Waals surface area contributed by atoms with Crippen LogP contribution in [-0.2, 0) is 9.59 Å². The molecular formula is C18H14ClN5O2. The lowest BCUT2D eigenvalue weighted by Crippen LogP contribution is -2.57. The second kappa shape index (κ2) is 6.27. The number of likely N-dealkylation sites (N-methyl/N-ethyl adjacent to an activating group) is 1. The molecule has 0 saturated carbocycles. The van der Waals surface area contributed by atoms with Gasteiger partial charge in [-0.3, -0.25) is 24.6 Å². The molecule has 2 aromatic rings. The highest BCUT2D eigenvalue weighted by molar-refractivity contribution is 6.43. The lowest BCUT2D eigenvalue weighted by Gasteiger charge is -2.41. The Kier molecular flexibility index (Phi) is 3.93. The molecule has 1 aromatic carbocycles. The third kappa shape index (κ3) is 2.62. The van der Waals surface area contributed by atoms with Gasteiger partial charge < -0.3 is 0 Å². The van der Waals surface area contributed by atoms with Crippen molar-refractivity contribution in [2.75, 3.05) is 13.6 Å². The van der Waals surface area contributed by atoms with Gasteiger partial charge in [-0.15, -0.1) is 0 Å². The average Bonchev–Trinajstić information content (AvgIpc) is 2.66. The molecule has 0 bridgehead atoms. The molecule has 26 heavy (non-hydrogen) atoms. The fraction of sp³-hybridized carbons (Fsp3) is 0.111. The Morgan fingerprint density at radius 3 is 2.35 bits per heavy atom. The molecule has 4 rings (SSSR count). The number of hydrazone groups is 1. The summed E-state index contributed by atoms with van der Waals surface area (Å²) in [7, 11) is 1.62. The number of hydrogen-bond donors (Lipinski definition) is 1. The van der Waals surface area contributed by atoms with Crippen molar-refractivity contribution in [3.63, 3.8) is 0 Å². The third-order valence-corrected chi connectivity index (χ3v) is 4.52. The number of aromatic nitrogens is 1. The van der Waals surface area contributed by atoms with Crippen molar-refractivity contribution in [2.24, 2.45) is 5.10 Å². The molecule has 8 heteroatoms. The van der Waals surface area contributed by atoms with Crippen LogP contribution in [0.25, 0.3) is 11.1 Å². The van der Waals surface area contributed by atoms with Crippen LogP contribution in [-0.4, -0.2) is 46.2 Å². The van der Waals surface area contributed by atoms with E-state index in [0.717, 1.165) is 11.1 Å². The van der Waals surface area contributed by atoms with Crippen LogP contribution in [0.15, 0.2) is 53.9 Å². The van der Waals surface area contributed by atoms with Crippen molar-refractivity contribution in [2.45, 2.75) is 0 Å². The monoisotopic (exact) mass is 367 g/mol. The number of amidine groups is 1. The van der Waals surface area contributed by atoms with Crippen molar-refractivity contribution in [1.29, 1.82) is 0 Å². The molecule has 130 valence electrons. The molecule has 0 fully saturated rings. The van der Waals surface area contributed by atoms with Crippen LogP contribution in [0.3, 0.4) is 0 Å². The minimum absolute atomic E-state index is 0.0174. The summed E-state index contributed by atoms with van der Waals surface area (Å²) in [6, 6.07) is 10.7. The van der Waals surface area contributed by atoms with Crippen LogP contribution in [0.4, 0.5) is 0 Å². The average molecular weight is 368 g/mol. The Bertz CT molecular complexity index is 953. The van der Waals surface area contributed by atoms with Crippen LogP contribution in [0.5, 0.6) is 0 Å². The molecule has 2 amide bonds. The smallest absolute Gasteiger partial charge is 0.271 e. The van der Waals surface area contributed by atoms with Gasteiger partial charge >= 0.3 is 0 Å². The highest BCUT2D eigenvalue weighted by atomic mass is 35.5. The minimum atomic E-state index is -0.280. The predicted octanol–water partition coefficient (Wildman–Crippen LogP) is 1.78. The van der Waals surface area contributed by atoms with E-state index in [-0.39, 0.29) is 18.4 Å². The lowest BCUT2D eigenvalue weighted by atomic mass is 9.91. The number of amides is 2. The van der Waals surface area contributed by atoms with Gasteiger partial charge in [-0.25, -0.2) is 5.43 Å². The molecule has 1 N–H and O–H groups in total. The summed E-state index contributed by atoms with van der Waals surface area (Å²) in [6.45, 7) is 0.0174. The van der Waals surface area contributed by atoms with Crippen LogP contribution in [0.1, 0.15) is 11.1 Å². The van der Waals surface area contributed by atoms with Crippen molar-refractivity contribution < 1.29 is 9.59 Å². The van der Waals surface area contributed by atoms with Gasteiger partial charge in [0.05, 0.1) is 5.57 Å². The van der Waals surface area contributed by atoms with Crippen molar-refractivity contribution in [1.82, 2.24) is 20.4 Å². The number of rotatable bonds is 2. The number of hydrazine groups is 1. The summed E-state index contributed by atoms with van der Waals surface area (Å²) in [5.74, 6) is -0.00643. The molecule has 0 radical (unpaired) electrons. The maximum Gasteiger partial charge on any atom is 0.273 e. The number of benzene rings is 1. The van der Waals surface area contributed by atoms with E-state index >= 15 is 0 Å². The Morgan fingerprint density at radius 1 is 1.00 bits per heavy atom. The number of nitrogens with zero attached hydrogens (tertiary/aromatic N) is 4. The Hall–Kier alpha value is -3.19. The molecule has 0 atom stereocenters. The molecule has 0 aliphatic carbocycles. The van der Waals surface area contributed by atoms with Crippen LogP contribution < -0.4 is 5.43 Å². The third-order valence-electron chi connectivity index (χ3n) is 4.27. The molecule has 7 nitrogen and oxygen atoms in total. The summed E-state index contributed by atoms with van der Waals surface area (Å²) >= 11 is 6.00. The summed E-state index contributed by atoms with van der Waals surface area (Å²) in [5.41, 5.74) is 5.12.